The first kappa shape index (κ1) is 22.7. The van der Waals surface area contributed by atoms with Gasteiger partial charge in [0, 0.05) is 25.6 Å². The number of benzene rings is 2. The van der Waals surface area contributed by atoms with Crippen LogP contribution in [-0.4, -0.2) is 49.1 Å². The molecule has 166 valence electrons. The van der Waals surface area contributed by atoms with Crippen molar-refractivity contribution < 1.29 is 19.1 Å². The third-order valence-electron chi connectivity index (χ3n) is 5.36. The molecule has 0 radical (unpaired) electrons. The van der Waals surface area contributed by atoms with Crippen LogP contribution in [0.25, 0.3) is 0 Å². The number of hydrogen-bond acceptors (Lipinski definition) is 4. The first-order valence-corrected chi connectivity index (χ1v) is 11.1. The van der Waals surface area contributed by atoms with Crippen molar-refractivity contribution in [3.05, 3.63) is 60.2 Å². The van der Waals surface area contributed by atoms with E-state index in [9.17, 15) is 9.59 Å². The summed E-state index contributed by atoms with van der Waals surface area (Å²) in [6.45, 7) is 4.46. The van der Waals surface area contributed by atoms with Gasteiger partial charge in [0.05, 0.1) is 19.6 Å². The lowest BCUT2D eigenvalue weighted by Gasteiger charge is -2.32. The van der Waals surface area contributed by atoms with E-state index in [0.29, 0.717) is 45.6 Å². The minimum Gasteiger partial charge on any atom is -0.494 e. The Hall–Kier alpha value is -3.02. The molecule has 1 saturated heterocycles. The van der Waals surface area contributed by atoms with Crippen LogP contribution >= 0.6 is 0 Å². The molecule has 1 heterocycles. The number of carbonyl (C=O) groups excluding carboxylic acids is 2. The van der Waals surface area contributed by atoms with Crippen LogP contribution in [0.4, 0.5) is 0 Å². The Morgan fingerprint density at radius 3 is 2.32 bits per heavy atom. The topological polar surface area (TPSA) is 67.9 Å². The third-order valence-corrected chi connectivity index (χ3v) is 5.36. The Morgan fingerprint density at radius 1 is 0.968 bits per heavy atom. The van der Waals surface area contributed by atoms with E-state index in [4.69, 9.17) is 9.47 Å². The largest absolute Gasteiger partial charge is 0.494 e. The van der Waals surface area contributed by atoms with Crippen LogP contribution in [0.1, 0.15) is 38.2 Å². The molecule has 0 bridgehead atoms. The van der Waals surface area contributed by atoms with Crippen molar-refractivity contribution in [1.82, 2.24) is 10.2 Å². The van der Waals surface area contributed by atoms with Crippen LogP contribution in [0.5, 0.6) is 11.5 Å². The zero-order valence-electron chi connectivity index (χ0n) is 18.2. The van der Waals surface area contributed by atoms with E-state index < -0.39 is 0 Å². The van der Waals surface area contributed by atoms with Crippen LogP contribution in [0, 0.1) is 0 Å². The zero-order valence-corrected chi connectivity index (χ0v) is 18.2. The normalized spacial score (nSPS) is 14.2. The molecule has 0 saturated carbocycles. The molecule has 1 N–H and O–H groups in total. The maximum absolute atomic E-state index is 12.6. The molecular weight excluding hydrogens is 392 g/mol. The van der Waals surface area contributed by atoms with E-state index in [-0.39, 0.29) is 17.9 Å². The Bertz CT molecular complexity index is 815. The third kappa shape index (κ3) is 7.63. The van der Waals surface area contributed by atoms with Crippen molar-refractivity contribution in [1.29, 1.82) is 0 Å². The maximum Gasteiger partial charge on any atom is 0.226 e. The van der Waals surface area contributed by atoms with E-state index >= 15 is 0 Å². The highest BCUT2D eigenvalue weighted by Gasteiger charge is 2.23. The average molecular weight is 425 g/mol. The summed E-state index contributed by atoms with van der Waals surface area (Å²) in [5.41, 5.74) is 0.988. The lowest BCUT2D eigenvalue weighted by atomic mass is 10.0. The van der Waals surface area contributed by atoms with Crippen LogP contribution < -0.4 is 14.8 Å². The van der Waals surface area contributed by atoms with Gasteiger partial charge in [0.25, 0.3) is 0 Å². The maximum atomic E-state index is 12.6. The molecule has 0 unspecified atom stereocenters. The van der Waals surface area contributed by atoms with Gasteiger partial charge >= 0.3 is 0 Å². The number of amides is 2. The first-order chi connectivity index (χ1) is 15.1. The summed E-state index contributed by atoms with van der Waals surface area (Å²) in [5.74, 6) is 1.83. The van der Waals surface area contributed by atoms with E-state index in [1.54, 1.807) is 0 Å². The van der Waals surface area contributed by atoms with Crippen molar-refractivity contribution >= 4 is 11.8 Å². The Morgan fingerprint density at radius 2 is 1.65 bits per heavy atom. The summed E-state index contributed by atoms with van der Waals surface area (Å²) in [4.78, 5) is 26.7. The number of para-hydroxylation sites is 1. The number of rotatable bonds is 10. The smallest absolute Gasteiger partial charge is 0.226 e. The lowest BCUT2D eigenvalue weighted by Crippen LogP contribution is -2.47. The van der Waals surface area contributed by atoms with Crippen molar-refractivity contribution in [3.63, 3.8) is 0 Å². The van der Waals surface area contributed by atoms with Gasteiger partial charge in [-0.25, -0.2) is 0 Å². The summed E-state index contributed by atoms with van der Waals surface area (Å²) >= 11 is 0. The van der Waals surface area contributed by atoms with E-state index in [0.717, 1.165) is 29.9 Å². The van der Waals surface area contributed by atoms with Gasteiger partial charge in [0.2, 0.25) is 11.8 Å². The molecule has 0 aromatic heterocycles. The van der Waals surface area contributed by atoms with E-state index in [1.807, 2.05) is 66.4 Å². The molecule has 6 nitrogen and oxygen atoms in total. The SMILES string of the molecule is CCOc1ccc(CC(=O)N2CCC(NC(=O)CCCOc3ccccc3)CC2)cc1. The summed E-state index contributed by atoms with van der Waals surface area (Å²) in [6.07, 6.45) is 3.11. The van der Waals surface area contributed by atoms with Crippen LogP contribution in [0.15, 0.2) is 54.6 Å². The Balaban J connectivity index is 1.31. The second-order valence-electron chi connectivity index (χ2n) is 7.74. The predicted octanol–water partition coefficient (Wildman–Crippen LogP) is 3.59. The van der Waals surface area contributed by atoms with Gasteiger partial charge in [-0.3, -0.25) is 9.59 Å². The van der Waals surface area contributed by atoms with Crippen molar-refractivity contribution in [2.45, 2.75) is 45.1 Å². The Kier molecular flexibility index (Phi) is 8.76. The molecule has 2 amide bonds. The number of carbonyl (C=O) groups is 2. The predicted molar refractivity (Wildman–Crippen MR) is 120 cm³/mol. The standard InChI is InChI=1S/C25H32N2O4/c1-2-30-23-12-10-20(11-13-23)19-25(29)27-16-14-21(15-17-27)26-24(28)9-6-18-31-22-7-4-3-5-8-22/h3-5,7-8,10-13,21H,2,6,9,14-19H2,1H3,(H,26,28). The van der Waals surface area contributed by atoms with Crippen molar-refractivity contribution in [2.75, 3.05) is 26.3 Å². The first-order valence-electron chi connectivity index (χ1n) is 11.1. The summed E-state index contributed by atoms with van der Waals surface area (Å²) in [7, 11) is 0. The monoisotopic (exact) mass is 424 g/mol. The van der Waals surface area contributed by atoms with Gasteiger partial charge in [0.15, 0.2) is 0 Å². The molecule has 2 aromatic rings. The zero-order chi connectivity index (χ0) is 21.9. The summed E-state index contributed by atoms with van der Waals surface area (Å²) < 4.78 is 11.1. The fraction of sp³-hybridized carbons (Fsp3) is 0.440. The van der Waals surface area contributed by atoms with Crippen molar-refractivity contribution in [3.8, 4) is 11.5 Å². The fourth-order valence-electron chi connectivity index (χ4n) is 3.67. The van der Waals surface area contributed by atoms with Crippen molar-refractivity contribution in [2.24, 2.45) is 0 Å². The summed E-state index contributed by atoms with van der Waals surface area (Å²) in [6, 6.07) is 17.4. The lowest BCUT2D eigenvalue weighted by molar-refractivity contribution is -0.131. The Labute approximate surface area is 184 Å². The van der Waals surface area contributed by atoms with Gasteiger partial charge < -0.3 is 19.7 Å². The highest BCUT2D eigenvalue weighted by atomic mass is 16.5. The number of likely N-dealkylation sites (tertiary alicyclic amines) is 1. The molecule has 0 aliphatic carbocycles. The molecule has 2 aromatic carbocycles. The van der Waals surface area contributed by atoms with Crippen LogP contribution in [-0.2, 0) is 16.0 Å². The minimum atomic E-state index is 0.0517. The number of ether oxygens (including phenoxy) is 2. The minimum absolute atomic E-state index is 0.0517. The number of hydrogen-bond donors (Lipinski definition) is 1. The molecule has 31 heavy (non-hydrogen) atoms. The van der Waals surface area contributed by atoms with Gasteiger partial charge in [-0.1, -0.05) is 30.3 Å². The number of nitrogens with one attached hydrogen (secondary N) is 1. The molecule has 0 spiro atoms. The molecule has 1 aliphatic heterocycles. The number of piperidine rings is 1. The highest BCUT2D eigenvalue weighted by Crippen LogP contribution is 2.16. The van der Waals surface area contributed by atoms with Gasteiger partial charge in [-0.15, -0.1) is 0 Å². The molecule has 0 atom stereocenters. The number of nitrogens with zero attached hydrogens (tertiary/aromatic N) is 1. The van der Waals surface area contributed by atoms with Crippen LogP contribution in [0.2, 0.25) is 0 Å². The fourth-order valence-corrected chi connectivity index (χ4v) is 3.67. The van der Waals surface area contributed by atoms with Gasteiger partial charge in [0.1, 0.15) is 11.5 Å². The molecule has 6 heteroatoms. The second-order valence-corrected chi connectivity index (χ2v) is 7.74. The second kappa shape index (κ2) is 12.0. The average Bonchev–Trinajstić information content (AvgIpc) is 2.79. The molecule has 1 aliphatic rings. The van der Waals surface area contributed by atoms with Gasteiger partial charge in [-0.05, 0) is 56.0 Å². The molecule has 3 rings (SSSR count). The quantitative estimate of drug-likeness (QED) is 0.592. The highest BCUT2D eigenvalue weighted by molar-refractivity contribution is 5.79. The van der Waals surface area contributed by atoms with E-state index in [1.165, 1.54) is 0 Å². The molecule has 1 fully saturated rings. The van der Waals surface area contributed by atoms with E-state index in [2.05, 4.69) is 5.32 Å². The molecular formula is C25H32N2O4. The van der Waals surface area contributed by atoms with Crippen LogP contribution in [0.3, 0.4) is 0 Å². The van der Waals surface area contributed by atoms with Gasteiger partial charge in [-0.2, -0.15) is 0 Å². The summed E-state index contributed by atoms with van der Waals surface area (Å²) in [5, 5.41) is 3.10.